The molecule has 0 aliphatic carbocycles. The lowest BCUT2D eigenvalue weighted by Crippen LogP contribution is -2.50. The molecule has 0 saturated carbocycles. The van der Waals surface area contributed by atoms with Gasteiger partial charge in [-0.2, -0.15) is 9.40 Å². The zero-order valence-electron chi connectivity index (χ0n) is 16.7. The molecule has 0 N–H and O–H groups in total. The van der Waals surface area contributed by atoms with Gasteiger partial charge in [-0.25, -0.2) is 17.5 Å². The summed E-state index contributed by atoms with van der Waals surface area (Å²) in [5.41, 5.74) is 1.90. The monoisotopic (exact) mass is 462 g/mol. The number of carbonyl (C=O) groups excluding carboxylic acids is 1. The third-order valence-corrected chi connectivity index (χ3v) is 7.48. The van der Waals surface area contributed by atoms with Crippen LogP contribution in [0.15, 0.2) is 59.6 Å². The number of halogens is 2. The molecule has 1 aromatic heterocycles. The maximum Gasteiger partial charge on any atom is 0.257 e. The Balaban J connectivity index is 1.48. The third kappa shape index (κ3) is 4.08. The van der Waals surface area contributed by atoms with E-state index in [0.29, 0.717) is 16.3 Å². The summed E-state index contributed by atoms with van der Waals surface area (Å²) in [6.07, 6.45) is 1.51. The Bertz CT molecular complexity index is 1220. The number of rotatable bonds is 4. The molecule has 2 aromatic carbocycles. The summed E-state index contributed by atoms with van der Waals surface area (Å²) in [6.45, 7) is 2.39. The van der Waals surface area contributed by atoms with E-state index in [1.165, 1.54) is 28.7 Å². The molecule has 3 aromatic rings. The minimum Gasteiger partial charge on any atom is -0.336 e. The molecule has 0 atom stereocenters. The van der Waals surface area contributed by atoms with Crippen LogP contribution in [-0.4, -0.2) is 59.5 Å². The quantitative estimate of drug-likeness (QED) is 0.597. The smallest absolute Gasteiger partial charge is 0.257 e. The second-order valence-electron chi connectivity index (χ2n) is 7.16. The summed E-state index contributed by atoms with van der Waals surface area (Å²) in [7, 11) is -3.96. The van der Waals surface area contributed by atoms with Crippen LogP contribution in [0.2, 0.25) is 5.02 Å². The van der Waals surface area contributed by atoms with Gasteiger partial charge in [-0.15, -0.1) is 0 Å². The molecule has 10 heteroatoms. The first-order valence-electron chi connectivity index (χ1n) is 9.63. The Labute approximate surface area is 184 Å². The van der Waals surface area contributed by atoms with Gasteiger partial charge in [0, 0.05) is 31.2 Å². The highest BCUT2D eigenvalue weighted by atomic mass is 35.5. The summed E-state index contributed by atoms with van der Waals surface area (Å²) < 4.78 is 42.4. The van der Waals surface area contributed by atoms with Crippen molar-refractivity contribution in [1.29, 1.82) is 0 Å². The topological polar surface area (TPSA) is 75.5 Å². The van der Waals surface area contributed by atoms with Gasteiger partial charge in [-0.05, 0) is 43.3 Å². The number of benzene rings is 2. The van der Waals surface area contributed by atoms with E-state index in [1.54, 1.807) is 28.6 Å². The predicted molar refractivity (Wildman–Crippen MR) is 114 cm³/mol. The second-order valence-corrected chi connectivity index (χ2v) is 9.50. The maximum absolute atomic E-state index is 14.0. The summed E-state index contributed by atoms with van der Waals surface area (Å²) >= 11 is 5.93. The fourth-order valence-electron chi connectivity index (χ4n) is 3.56. The zero-order chi connectivity index (χ0) is 22.2. The van der Waals surface area contributed by atoms with Crippen molar-refractivity contribution in [3.63, 3.8) is 0 Å². The van der Waals surface area contributed by atoms with Crippen molar-refractivity contribution in [1.82, 2.24) is 19.0 Å². The van der Waals surface area contributed by atoms with Crippen molar-refractivity contribution in [2.75, 3.05) is 26.2 Å². The van der Waals surface area contributed by atoms with Gasteiger partial charge in [0.25, 0.3) is 5.91 Å². The summed E-state index contributed by atoms with van der Waals surface area (Å²) in [5.74, 6) is -1.01. The molecule has 0 spiro atoms. The minimum absolute atomic E-state index is 0.0901. The molecule has 1 aliphatic heterocycles. The fourth-order valence-corrected chi connectivity index (χ4v) is 5.17. The van der Waals surface area contributed by atoms with E-state index in [0.717, 1.165) is 11.8 Å². The van der Waals surface area contributed by atoms with Crippen LogP contribution in [0.5, 0.6) is 0 Å². The predicted octanol–water partition coefficient (Wildman–Crippen LogP) is 3.12. The normalized spacial score (nSPS) is 15.3. The Morgan fingerprint density at radius 2 is 1.68 bits per heavy atom. The Hall–Kier alpha value is -2.75. The van der Waals surface area contributed by atoms with Crippen LogP contribution >= 0.6 is 11.6 Å². The summed E-state index contributed by atoms with van der Waals surface area (Å²) in [4.78, 5) is 14.3. The molecule has 1 saturated heterocycles. The lowest BCUT2D eigenvalue weighted by atomic mass is 10.2. The van der Waals surface area contributed by atoms with Crippen LogP contribution in [0.4, 0.5) is 4.39 Å². The van der Waals surface area contributed by atoms with Crippen molar-refractivity contribution >= 4 is 27.5 Å². The SMILES string of the molecule is Cc1c(C(=O)N2CCN(S(=O)(=O)c3ccccc3F)CC2)cnn1-c1ccc(Cl)cc1. The van der Waals surface area contributed by atoms with Gasteiger partial charge in [0.1, 0.15) is 10.7 Å². The zero-order valence-corrected chi connectivity index (χ0v) is 18.3. The Kier molecular flexibility index (Phi) is 5.83. The first-order valence-corrected chi connectivity index (χ1v) is 11.5. The van der Waals surface area contributed by atoms with Crippen molar-refractivity contribution in [2.45, 2.75) is 11.8 Å². The van der Waals surface area contributed by atoms with Gasteiger partial charge >= 0.3 is 0 Å². The molecule has 1 fully saturated rings. The van der Waals surface area contributed by atoms with E-state index in [9.17, 15) is 17.6 Å². The Morgan fingerprint density at radius 1 is 1.03 bits per heavy atom. The summed E-state index contributed by atoms with van der Waals surface area (Å²) in [6, 6.07) is 12.4. The largest absolute Gasteiger partial charge is 0.336 e. The first kappa shape index (κ1) is 21.5. The van der Waals surface area contributed by atoms with Crippen LogP contribution in [0.25, 0.3) is 5.69 Å². The number of amides is 1. The van der Waals surface area contributed by atoms with E-state index in [2.05, 4.69) is 5.10 Å². The highest BCUT2D eigenvalue weighted by Gasteiger charge is 2.32. The lowest BCUT2D eigenvalue weighted by molar-refractivity contribution is 0.0697. The number of piperazine rings is 1. The van der Waals surface area contributed by atoms with E-state index in [4.69, 9.17) is 11.6 Å². The van der Waals surface area contributed by atoms with Crippen molar-refractivity contribution in [3.8, 4) is 5.69 Å². The standard InChI is InChI=1S/C21H20ClFN4O3S/c1-15-18(14-24-27(15)17-8-6-16(22)7-9-17)21(28)25-10-12-26(13-11-25)31(29,30)20-5-3-2-4-19(20)23/h2-9,14H,10-13H2,1H3. The van der Waals surface area contributed by atoms with Crippen LogP contribution in [0, 0.1) is 12.7 Å². The molecule has 0 bridgehead atoms. The van der Waals surface area contributed by atoms with Gasteiger partial charge in [-0.1, -0.05) is 23.7 Å². The lowest BCUT2D eigenvalue weighted by Gasteiger charge is -2.34. The van der Waals surface area contributed by atoms with E-state index in [-0.39, 0.29) is 37.0 Å². The summed E-state index contributed by atoms with van der Waals surface area (Å²) in [5, 5.41) is 4.92. The van der Waals surface area contributed by atoms with Gasteiger partial charge in [0.05, 0.1) is 23.1 Å². The number of aromatic nitrogens is 2. The van der Waals surface area contributed by atoms with E-state index >= 15 is 0 Å². The van der Waals surface area contributed by atoms with Crippen molar-refractivity contribution in [2.24, 2.45) is 0 Å². The maximum atomic E-state index is 14.0. The first-order chi connectivity index (χ1) is 14.8. The van der Waals surface area contributed by atoms with Gasteiger partial charge < -0.3 is 4.90 Å². The molecule has 0 unspecified atom stereocenters. The van der Waals surface area contributed by atoms with Crippen molar-refractivity contribution in [3.05, 3.63) is 76.8 Å². The van der Waals surface area contributed by atoms with E-state index in [1.807, 2.05) is 12.1 Å². The van der Waals surface area contributed by atoms with Gasteiger partial charge in [0.2, 0.25) is 10.0 Å². The highest BCUT2D eigenvalue weighted by Crippen LogP contribution is 2.22. The van der Waals surface area contributed by atoms with Gasteiger partial charge in [0.15, 0.2) is 0 Å². The highest BCUT2D eigenvalue weighted by molar-refractivity contribution is 7.89. The number of carbonyl (C=O) groups is 1. The average Bonchev–Trinajstić information content (AvgIpc) is 3.15. The molecule has 2 heterocycles. The molecule has 1 amide bonds. The molecular weight excluding hydrogens is 443 g/mol. The fraction of sp³-hybridized carbons (Fsp3) is 0.238. The third-order valence-electron chi connectivity index (χ3n) is 5.29. The molecule has 1 aliphatic rings. The van der Waals surface area contributed by atoms with Crippen LogP contribution in [0.3, 0.4) is 0 Å². The number of sulfonamides is 1. The number of nitrogens with zero attached hydrogens (tertiary/aromatic N) is 4. The molecular formula is C21H20ClFN4O3S. The average molecular weight is 463 g/mol. The Morgan fingerprint density at radius 3 is 2.32 bits per heavy atom. The molecule has 0 radical (unpaired) electrons. The number of hydrogen-bond acceptors (Lipinski definition) is 4. The van der Waals surface area contributed by atoms with Crippen LogP contribution < -0.4 is 0 Å². The molecule has 31 heavy (non-hydrogen) atoms. The number of hydrogen-bond donors (Lipinski definition) is 0. The van der Waals surface area contributed by atoms with Gasteiger partial charge in [-0.3, -0.25) is 4.79 Å². The van der Waals surface area contributed by atoms with Crippen LogP contribution in [0.1, 0.15) is 16.1 Å². The molecule has 162 valence electrons. The minimum atomic E-state index is -3.96. The molecule has 4 rings (SSSR count). The second kappa shape index (κ2) is 8.41. The van der Waals surface area contributed by atoms with Crippen molar-refractivity contribution < 1.29 is 17.6 Å². The molecule has 7 nitrogen and oxygen atoms in total. The van der Waals surface area contributed by atoms with Crippen LogP contribution in [-0.2, 0) is 10.0 Å². The van der Waals surface area contributed by atoms with E-state index < -0.39 is 15.8 Å².